The monoisotopic (exact) mass is 380 g/mol. The van der Waals surface area contributed by atoms with Crippen LogP contribution in [0.1, 0.15) is 22.7 Å². The van der Waals surface area contributed by atoms with E-state index in [0.29, 0.717) is 13.0 Å². The minimum Gasteiger partial charge on any atom is -0.282 e. The lowest BCUT2D eigenvalue weighted by atomic mass is 10.0. The highest BCUT2D eigenvalue weighted by Gasteiger charge is 2.45. The minimum atomic E-state index is -0.365. The summed E-state index contributed by atoms with van der Waals surface area (Å²) in [5, 5.41) is 0. The van der Waals surface area contributed by atoms with Gasteiger partial charge in [-0.25, -0.2) is 4.99 Å². The number of rotatable bonds is 4. The van der Waals surface area contributed by atoms with Crippen molar-refractivity contribution in [2.75, 3.05) is 6.54 Å². The average Bonchev–Trinajstić information content (AvgIpc) is 3.10. The molecule has 3 aromatic carbocycles. The number of fused-ring (bicyclic) bond motifs is 1. The maximum atomic E-state index is 13.3. The van der Waals surface area contributed by atoms with Gasteiger partial charge in [-0.1, -0.05) is 78.9 Å². The first-order chi connectivity index (χ1) is 14.3. The Balaban J connectivity index is 1.53. The van der Waals surface area contributed by atoms with Gasteiger partial charge in [-0.05, 0) is 17.7 Å². The minimum absolute atomic E-state index is 0.0831. The molecule has 4 heteroatoms. The summed E-state index contributed by atoms with van der Waals surface area (Å²) in [7, 11) is 0. The summed E-state index contributed by atoms with van der Waals surface area (Å²) in [6, 6.07) is 30.0. The Morgan fingerprint density at radius 1 is 0.862 bits per heavy atom. The molecule has 0 saturated carbocycles. The normalized spacial score (nSPS) is 20.8. The molecule has 2 aliphatic heterocycles. The van der Waals surface area contributed by atoms with Crippen LogP contribution >= 0.6 is 0 Å². The van der Waals surface area contributed by atoms with E-state index in [0.717, 1.165) is 28.2 Å². The molecule has 1 amide bonds. The van der Waals surface area contributed by atoms with Gasteiger partial charge in [0, 0.05) is 17.5 Å². The van der Waals surface area contributed by atoms with Gasteiger partial charge in [0.05, 0.1) is 0 Å². The van der Waals surface area contributed by atoms with E-state index in [1.54, 1.807) is 0 Å². The van der Waals surface area contributed by atoms with Gasteiger partial charge in [-0.2, -0.15) is 0 Å². The van der Waals surface area contributed by atoms with Gasteiger partial charge in [0.1, 0.15) is 12.6 Å². The third kappa shape index (κ3) is 3.38. The molecule has 29 heavy (non-hydrogen) atoms. The molecule has 5 rings (SSSR count). The number of aliphatic imine (C=N–C) groups is 1. The number of carbonyl (C=O) groups is 1. The lowest BCUT2D eigenvalue weighted by molar-refractivity contribution is -0.493. The van der Waals surface area contributed by atoms with Gasteiger partial charge >= 0.3 is 0 Å². The van der Waals surface area contributed by atoms with Crippen molar-refractivity contribution in [2.45, 2.75) is 18.5 Å². The van der Waals surface area contributed by atoms with Crippen molar-refractivity contribution >= 4 is 17.5 Å². The zero-order chi connectivity index (χ0) is 19.6. The molecular weight excluding hydrogens is 358 g/mol. The lowest BCUT2D eigenvalue weighted by Gasteiger charge is -2.25. The highest BCUT2D eigenvalue weighted by molar-refractivity contribution is 6.13. The van der Waals surface area contributed by atoms with Crippen molar-refractivity contribution in [1.29, 1.82) is 0 Å². The van der Waals surface area contributed by atoms with Crippen LogP contribution in [0.25, 0.3) is 0 Å². The Labute approximate surface area is 170 Å². The third-order valence-corrected chi connectivity index (χ3v) is 5.54. The molecule has 4 nitrogen and oxygen atoms in total. The zero-order valence-electron chi connectivity index (χ0n) is 16.0. The predicted octanol–water partition coefficient (Wildman–Crippen LogP) is 2.16. The Bertz CT molecular complexity index is 1070. The molecule has 2 heterocycles. The van der Waals surface area contributed by atoms with E-state index in [9.17, 15) is 4.79 Å². The molecule has 0 aromatic heterocycles. The van der Waals surface area contributed by atoms with Crippen LogP contribution < -0.4 is 4.99 Å². The fraction of sp³-hybridized carbons (Fsp3) is 0.160. The van der Waals surface area contributed by atoms with Crippen LogP contribution in [0, 0.1) is 0 Å². The van der Waals surface area contributed by atoms with E-state index >= 15 is 0 Å². The summed E-state index contributed by atoms with van der Waals surface area (Å²) in [6.07, 6.45) is 0.627. The molecule has 0 saturated heterocycles. The van der Waals surface area contributed by atoms with Crippen LogP contribution in [-0.2, 0) is 11.2 Å². The molecule has 142 valence electrons. The van der Waals surface area contributed by atoms with Gasteiger partial charge in [0.2, 0.25) is 11.8 Å². The van der Waals surface area contributed by atoms with Crippen molar-refractivity contribution in [3.05, 3.63) is 108 Å². The second kappa shape index (κ2) is 7.47. The second-order valence-corrected chi connectivity index (χ2v) is 7.45. The number of hydrogen-bond donors (Lipinski definition) is 1. The molecule has 2 aliphatic rings. The first kappa shape index (κ1) is 17.6. The van der Waals surface area contributed by atoms with Crippen molar-refractivity contribution < 1.29 is 9.79 Å². The average molecular weight is 380 g/mol. The van der Waals surface area contributed by atoms with E-state index in [1.165, 1.54) is 0 Å². The summed E-state index contributed by atoms with van der Waals surface area (Å²) in [4.78, 5) is 23.7. The van der Waals surface area contributed by atoms with Crippen molar-refractivity contribution in [3.8, 4) is 0 Å². The largest absolute Gasteiger partial charge is 0.282 e. The number of amidine groups is 1. The Morgan fingerprint density at radius 3 is 2.17 bits per heavy atom. The Morgan fingerprint density at radius 2 is 1.48 bits per heavy atom. The number of hydrogen-bond acceptors (Lipinski definition) is 2. The Kier molecular flexibility index (Phi) is 4.53. The molecule has 3 aromatic rings. The topological polar surface area (TPSA) is 46.6 Å². The molecule has 0 bridgehead atoms. The van der Waals surface area contributed by atoms with E-state index in [2.05, 4.69) is 41.4 Å². The molecule has 0 radical (unpaired) electrons. The summed E-state index contributed by atoms with van der Waals surface area (Å²) in [5.74, 6) is 0.904. The third-order valence-electron chi connectivity index (χ3n) is 5.54. The maximum Gasteiger partial charge on any atom is 0.253 e. The molecule has 2 atom stereocenters. The van der Waals surface area contributed by atoms with Gasteiger partial charge in [0.15, 0.2) is 5.84 Å². The number of benzene rings is 3. The maximum absolute atomic E-state index is 13.3. The molecule has 0 spiro atoms. The smallest absolute Gasteiger partial charge is 0.253 e. The van der Waals surface area contributed by atoms with E-state index in [4.69, 9.17) is 4.99 Å². The molecule has 0 aliphatic carbocycles. The van der Waals surface area contributed by atoms with E-state index < -0.39 is 0 Å². The number of nitrogens with zero attached hydrogens (tertiary/aromatic N) is 2. The van der Waals surface area contributed by atoms with E-state index in [1.807, 2.05) is 59.5 Å². The van der Waals surface area contributed by atoms with Crippen molar-refractivity contribution in [1.82, 2.24) is 4.90 Å². The van der Waals surface area contributed by atoms with Gasteiger partial charge in [-0.15, -0.1) is 0 Å². The van der Waals surface area contributed by atoms with Crippen LogP contribution in [0.3, 0.4) is 0 Å². The summed E-state index contributed by atoms with van der Waals surface area (Å²) in [5.41, 5.74) is 4.39. The van der Waals surface area contributed by atoms with Crippen LogP contribution in [-0.4, -0.2) is 34.9 Å². The summed E-state index contributed by atoms with van der Waals surface area (Å²) < 4.78 is 0. The standard InChI is InChI=1S/C25H21N3O/c29-25-21(16-18-10-4-1-5-11-18)27-24-23(20-14-8-3-9-15-20)26-22(17-28(24)25)19-12-6-2-7-13-19/h1-15,21,23H,16-17H2/p+1. The van der Waals surface area contributed by atoms with E-state index in [-0.39, 0.29) is 18.0 Å². The first-order valence-corrected chi connectivity index (χ1v) is 9.95. The van der Waals surface area contributed by atoms with Gasteiger partial charge in [-0.3, -0.25) is 14.7 Å². The first-order valence-electron chi connectivity index (χ1n) is 9.95. The number of nitrogens with one attached hydrogen (secondary N) is 1. The van der Waals surface area contributed by atoms with Crippen LogP contribution in [0.15, 0.2) is 96.0 Å². The van der Waals surface area contributed by atoms with Crippen molar-refractivity contribution in [2.24, 2.45) is 4.99 Å². The molecule has 1 N–H and O–H groups in total. The SMILES string of the molecule is O=C1C(Cc2ccccc2)N=C2C(c3ccccc3)[NH+]=C(c3ccccc3)CN12. The quantitative estimate of drug-likeness (QED) is 0.741. The van der Waals surface area contributed by atoms with Crippen LogP contribution in [0.4, 0.5) is 0 Å². The molecular formula is C25H22N3O+. The predicted molar refractivity (Wildman–Crippen MR) is 114 cm³/mol. The highest BCUT2D eigenvalue weighted by atomic mass is 16.2. The molecule has 2 unspecified atom stereocenters. The zero-order valence-corrected chi connectivity index (χ0v) is 16.0. The fourth-order valence-corrected chi connectivity index (χ4v) is 4.07. The number of carbonyl (C=O) groups excluding carboxylic acids is 1. The summed E-state index contributed by atoms with van der Waals surface area (Å²) in [6.45, 7) is 0.524. The van der Waals surface area contributed by atoms with Crippen LogP contribution in [0.5, 0.6) is 0 Å². The fourth-order valence-electron chi connectivity index (χ4n) is 4.07. The molecule has 0 fully saturated rings. The van der Waals surface area contributed by atoms with Crippen LogP contribution in [0.2, 0.25) is 0 Å². The lowest BCUT2D eigenvalue weighted by Crippen LogP contribution is -2.82. The second-order valence-electron chi connectivity index (χ2n) is 7.45. The number of amides is 1. The van der Waals surface area contributed by atoms with Gasteiger partial charge < -0.3 is 0 Å². The van der Waals surface area contributed by atoms with Gasteiger partial charge in [0.25, 0.3) is 5.91 Å². The highest BCUT2D eigenvalue weighted by Crippen LogP contribution is 2.24. The summed E-state index contributed by atoms with van der Waals surface area (Å²) >= 11 is 0. The van der Waals surface area contributed by atoms with Crippen molar-refractivity contribution in [3.63, 3.8) is 0 Å². The Hall–Kier alpha value is -3.53.